The number of piperidine rings is 1. The number of rotatable bonds is 5. The van der Waals surface area contributed by atoms with Gasteiger partial charge in [0.05, 0.1) is 32.7 Å². The first-order chi connectivity index (χ1) is 17.5. The van der Waals surface area contributed by atoms with Crippen molar-refractivity contribution in [2.75, 3.05) is 32.7 Å². The van der Waals surface area contributed by atoms with Gasteiger partial charge in [-0.05, 0) is 76.0 Å². The zero-order valence-corrected chi connectivity index (χ0v) is 22.6. The summed E-state index contributed by atoms with van der Waals surface area (Å²) in [5.74, 6) is 6.42. The molecule has 1 N–H and O–H groups in total. The van der Waals surface area contributed by atoms with Crippen LogP contribution in [0.1, 0.15) is 53.0 Å². The lowest BCUT2D eigenvalue weighted by Crippen LogP contribution is -2.45. The van der Waals surface area contributed by atoms with Crippen LogP contribution in [0, 0.1) is 18.8 Å². The number of carbonyl (C=O) groups excluding carboxylic acids is 1. The van der Waals surface area contributed by atoms with E-state index in [1.165, 1.54) is 19.3 Å². The van der Waals surface area contributed by atoms with Crippen LogP contribution in [0.4, 0.5) is 0 Å². The molecular weight excluding hydrogens is 513 g/mol. The number of hydrogen-bond donors (Lipinski definition) is 1. The highest BCUT2D eigenvalue weighted by Crippen LogP contribution is 2.36. The van der Waals surface area contributed by atoms with Gasteiger partial charge < -0.3 is 0 Å². The SMILES string of the molecule is Cc1c(C(=O)NN2CCCCC2)nn(-c2ccc(Cl)cc2Cl)c1-c1ccc(C#CCN2CCCC2)s1. The van der Waals surface area contributed by atoms with Crippen LogP contribution in [0.3, 0.4) is 0 Å². The van der Waals surface area contributed by atoms with Gasteiger partial charge in [0.25, 0.3) is 5.91 Å². The molecule has 2 aliphatic heterocycles. The minimum atomic E-state index is -0.207. The molecule has 2 aromatic heterocycles. The number of hydrogen-bond acceptors (Lipinski definition) is 5. The standard InChI is InChI=1S/C27H29Cl2N5OS/c1-19-25(27(35)31-33-16-3-2-4-17-33)30-34(23-11-9-20(28)18-22(23)29)26(19)24-12-10-21(36-24)8-7-15-32-13-5-6-14-32/h9-12,18H,2-6,13-17H2,1H3,(H,31,35). The fourth-order valence-electron chi connectivity index (χ4n) is 4.74. The summed E-state index contributed by atoms with van der Waals surface area (Å²) in [5.41, 5.74) is 5.74. The summed E-state index contributed by atoms with van der Waals surface area (Å²) < 4.78 is 1.76. The van der Waals surface area contributed by atoms with Crippen molar-refractivity contribution in [3.05, 3.63) is 56.5 Å². The minimum Gasteiger partial charge on any atom is -0.292 e. The first kappa shape index (κ1) is 25.3. The molecule has 0 radical (unpaired) electrons. The molecule has 2 fully saturated rings. The van der Waals surface area contributed by atoms with Crippen LogP contribution in [0.15, 0.2) is 30.3 Å². The molecule has 4 heterocycles. The second-order valence-corrected chi connectivity index (χ2v) is 11.2. The molecule has 0 bridgehead atoms. The number of thiophene rings is 1. The molecule has 3 aromatic rings. The summed E-state index contributed by atoms with van der Waals surface area (Å²) in [6, 6.07) is 9.38. The number of nitrogens with zero attached hydrogens (tertiary/aromatic N) is 4. The van der Waals surface area contributed by atoms with Gasteiger partial charge in [-0.3, -0.25) is 15.1 Å². The minimum absolute atomic E-state index is 0.207. The molecule has 0 unspecified atom stereocenters. The van der Waals surface area contributed by atoms with Gasteiger partial charge in [0.2, 0.25) is 0 Å². The first-order valence-corrected chi connectivity index (χ1v) is 14.0. The number of aromatic nitrogens is 2. The molecule has 0 aliphatic carbocycles. The van der Waals surface area contributed by atoms with Gasteiger partial charge >= 0.3 is 0 Å². The lowest BCUT2D eigenvalue weighted by atomic mass is 10.1. The maximum absolute atomic E-state index is 13.3. The van der Waals surface area contributed by atoms with Gasteiger partial charge in [0.15, 0.2) is 5.69 Å². The Bertz CT molecular complexity index is 1310. The van der Waals surface area contributed by atoms with Gasteiger partial charge in [-0.25, -0.2) is 9.69 Å². The average Bonchev–Trinajstić information content (AvgIpc) is 3.61. The molecule has 36 heavy (non-hydrogen) atoms. The molecule has 1 amide bonds. The highest BCUT2D eigenvalue weighted by atomic mass is 35.5. The van der Waals surface area contributed by atoms with Crippen LogP contribution in [0.5, 0.6) is 0 Å². The van der Waals surface area contributed by atoms with Crippen molar-refractivity contribution in [3.8, 4) is 28.1 Å². The average molecular weight is 543 g/mol. The third-order valence-corrected chi connectivity index (χ3v) is 8.19. The Morgan fingerprint density at radius 2 is 1.81 bits per heavy atom. The zero-order valence-electron chi connectivity index (χ0n) is 20.3. The van der Waals surface area contributed by atoms with Crippen molar-refractivity contribution >= 4 is 40.4 Å². The predicted octanol–water partition coefficient (Wildman–Crippen LogP) is 5.79. The molecular formula is C27H29Cl2N5OS. The van der Waals surface area contributed by atoms with Gasteiger partial charge in [0.1, 0.15) is 0 Å². The zero-order chi connectivity index (χ0) is 25.1. The number of amides is 1. The predicted molar refractivity (Wildman–Crippen MR) is 147 cm³/mol. The molecule has 188 valence electrons. The lowest BCUT2D eigenvalue weighted by Gasteiger charge is -2.26. The third kappa shape index (κ3) is 5.64. The van der Waals surface area contributed by atoms with Crippen LogP contribution in [-0.4, -0.2) is 58.3 Å². The molecule has 5 rings (SSSR count). The normalized spacial score (nSPS) is 16.6. The molecule has 0 spiro atoms. The van der Waals surface area contributed by atoms with Crippen molar-refractivity contribution in [2.45, 2.75) is 39.0 Å². The van der Waals surface area contributed by atoms with E-state index in [4.69, 9.17) is 28.3 Å². The summed E-state index contributed by atoms with van der Waals surface area (Å²) >= 11 is 14.3. The van der Waals surface area contributed by atoms with E-state index in [-0.39, 0.29) is 5.91 Å². The lowest BCUT2D eigenvalue weighted by molar-refractivity contribution is 0.0743. The van der Waals surface area contributed by atoms with E-state index < -0.39 is 0 Å². The molecule has 1 aromatic carbocycles. The Hall–Kier alpha value is -2.34. The van der Waals surface area contributed by atoms with Crippen LogP contribution in [0.25, 0.3) is 16.3 Å². The van der Waals surface area contributed by atoms with E-state index in [0.717, 1.165) is 66.6 Å². The Morgan fingerprint density at radius 3 is 2.56 bits per heavy atom. The Labute approximate surface area is 226 Å². The maximum Gasteiger partial charge on any atom is 0.286 e. The Balaban J connectivity index is 1.49. The fraction of sp³-hybridized carbons (Fsp3) is 0.407. The number of nitrogens with one attached hydrogen (secondary N) is 1. The van der Waals surface area contributed by atoms with E-state index in [9.17, 15) is 4.79 Å². The summed E-state index contributed by atoms with van der Waals surface area (Å²) in [4.78, 5) is 17.6. The van der Waals surface area contributed by atoms with Gasteiger partial charge in [0, 0.05) is 23.7 Å². The molecule has 0 atom stereocenters. The number of carbonyl (C=O) groups is 1. The Morgan fingerprint density at radius 1 is 1.06 bits per heavy atom. The summed E-state index contributed by atoms with van der Waals surface area (Å²) in [5, 5.41) is 7.75. The van der Waals surface area contributed by atoms with Crippen molar-refractivity contribution in [3.63, 3.8) is 0 Å². The molecule has 2 saturated heterocycles. The number of halogens is 2. The van der Waals surface area contributed by atoms with Crippen molar-refractivity contribution in [2.24, 2.45) is 0 Å². The maximum atomic E-state index is 13.3. The number of hydrazine groups is 1. The summed E-state index contributed by atoms with van der Waals surface area (Å²) in [6.45, 7) is 6.70. The highest BCUT2D eigenvalue weighted by Gasteiger charge is 2.25. The molecule has 2 aliphatic rings. The van der Waals surface area contributed by atoms with Crippen molar-refractivity contribution < 1.29 is 4.79 Å². The van der Waals surface area contributed by atoms with Crippen molar-refractivity contribution in [1.29, 1.82) is 0 Å². The Kier molecular flexibility index (Phi) is 8.00. The topological polar surface area (TPSA) is 53.4 Å². The second kappa shape index (κ2) is 11.4. The van der Waals surface area contributed by atoms with Crippen LogP contribution >= 0.6 is 34.5 Å². The number of benzene rings is 1. The van der Waals surface area contributed by atoms with Crippen LogP contribution in [0.2, 0.25) is 10.0 Å². The van der Waals surface area contributed by atoms with E-state index >= 15 is 0 Å². The van der Waals surface area contributed by atoms with E-state index in [2.05, 4.69) is 22.2 Å². The van der Waals surface area contributed by atoms with Crippen molar-refractivity contribution in [1.82, 2.24) is 25.1 Å². The van der Waals surface area contributed by atoms with E-state index in [0.29, 0.717) is 21.4 Å². The molecule has 0 saturated carbocycles. The van der Waals surface area contributed by atoms with E-state index in [1.807, 2.05) is 30.1 Å². The molecule has 6 nitrogen and oxygen atoms in total. The largest absolute Gasteiger partial charge is 0.292 e. The second-order valence-electron chi connectivity index (χ2n) is 9.27. The highest BCUT2D eigenvalue weighted by molar-refractivity contribution is 7.16. The number of likely N-dealkylation sites (tertiary alicyclic amines) is 1. The summed E-state index contributed by atoms with van der Waals surface area (Å²) in [6.07, 6.45) is 5.87. The van der Waals surface area contributed by atoms with Crippen LogP contribution < -0.4 is 5.43 Å². The first-order valence-electron chi connectivity index (χ1n) is 12.4. The van der Waals surface area contributed by atoms with E-state index in [1.54, 1.807) is 28.2 Å². The summed E-state index contributed by atoms with van der Waals surface area (Å²) in [7, 11) is 0. The van der Waals surface area contributed by atoms with Gasteiger partial charge in [-0.15, -0.1) is 11.3 Å². The van der Waals surface area contributed by atoms with Crippen LogP contribution in [-0.2, 0) is 0 Å². The quantitative estimate of drug-likeness (QED) is 0.415. The van der Waals surface area contributed by atoms with Gasteiger partial charge in [-0.2, -0.15) is 5.10 Å². The monoisotopic (exact) mass is 541 g/mol. The molecule has 9 heteroatoms. The third-order valence-electron chi connectivity index (χ3n) is 6.64. The van der Waals surface area contributed by atoms with Gasteiger partial charge in [-0.1, -0.05) is 41.5 Å². The smallest absolute Gasteiger partial charge is 0.286 e. The fourth-order valence-corrected chi connectivity index (χ4v) is 6.20.